The third-order valence-electron chi connectivity index (χ3n) is 4.42. The third-order valence-corrected chi connectivity index (χ3v) is 6.10. The number of fused-ring (bicyclic) bond motifs is 1. The van der Waals surface area contributed by atoms with Gasteiger partial charge in [0.2, 0.25) is 10.0 Å². The highest BCUT2D eigenvalue weighted by Gasteiger charge is 2.29. The fraction of sp³-hybridized carbons (Fsp3) is 0.471. The Bertz CT molecular complexity index is 858. The van der Waals surface area contributed by atoms with Crippen LogP contribution in [0.15, 0.2) is 23.6 Å². The fourth-order valence-corrected chi connectivity index (χ4v) is 5.15. The molecule has 130 valence electrons. The molecule has 1 heterocycles. The summed E-state index contributed by atoms with van der Waals surface area (Å²) in [6.45, 7) is 2.03. The Hall–Kier alpha value is -1.44. The maximum Gasteiger partial charge on any atom is 0.253 e. The topological polar surface area (TPSA) is 75.3 Å². The lowest BCUT2D eigenvalue weighted by atomic mass is 9.91. The van der Waals surface area contributed by atoms with Gasteiger partial charge in [-0.3, -0.25) is 4.79 Å². The van der Waals surface area contributed by atoms with E-state index in [-0.39, 0.29) is 18.0 Å². The number of hydrogen-bond acceptors (Lipinski definition) is 4. The Balaban J connectivity index is 1.79. The van der Waals surface area contributed by atoms with E-state index in [0.717, 1.165) is 42.0 Å². The first-order chi connectivity index (χ1) is 11.3. The van der Waals surface area contributed by atoms with Gasteiger partial charge in [-0.15, -0.1) is 11.3 Å². The van der Waals surface area contributed by atoms with E-state index < -0.39 is 10.0 Å². The van der Waals surface area contributed by atoms with Crippen molar-refractivity contribution in [3.8, 4) is 0 Å². The molecule has 2 atom stereocenters. The molecule has 24 heavy (non-hydrogen) atoms. The van der Waals surface area contributed by atoms with Crippen molar-refractivity contribution in [1.82, 2.24) is 10.0 Å². The van der Waals surface area contributed by atoms with E-state index in [9.17, 15) is 13.2 Å². The van der Waals surface area contributed by atoms with Crippen LogP contribution in [0, 0.1) is 6.92 Å². The molecule has 1 aliphatic rings. The van der Waals surface area contributed by atoms with E-state index in [0.29, 0.717) is 5.56 Å². The van der Waals surface area contributed by atoms with E-state index >= 15 is 0 Å². The average molecular weight is 367 g/mol. The van der Waals surface area contributed by atoms with Crippen molar-refractivity contribution in [3.05, 3.63) is 34.7 Å². The number of carbonyl (C=O) groups excluding carboxylic acids is 1. The molecule has 1 aromatic heterocycles. The fourth-order valence-electron chi connectivity index (χ4n) is 3.28. The van der Waals surface area contributed by atoms with Gasteiger partial charge in [-0.05, 0) is 31.4 Å². The van der Waals surface area contributed by atoms with E-state index in [1.54, 1.807) is 11.3 Å². The summed E-state index contributed by atoms with van der Waals surface area (Å²) in [5, 5.41) is 5.87. The second-order valence-electron chi connectivity index (χ2n) is 6.51. The van der Waals surface area contributed by atoms with Crippen molar-refractivity contribution in [3.63, 3.8) is 0 Å². The lowest BCUT2D eigenvalue weighted by Gasteiger charge is -2.32. The number of thiophene rings is 1. The van der Waals surface area contributed by atoms with E-state index in [4.69, 9.17) is 0 Å². The first kappa shape index (κ1) is 17.4. The first-order valence-electron chi connectivity index (χ1n) is 8.09. The smallest absolute Gasteiger partial charge is 0.253 e. The second kappa shape index (κ2) is 6.82. The van der Waals surface area contributed by atoms with Crippen LogP contribution < -0.4 is 10.0 Å². The van der Waals surface area contributed by atoms with Gasteiger partial charge < -0.3 is 5.32 Å². The minimum atomic E-state index is -3.28. The largest absolute Gasteiger partial charge is 0.348 e. The van der Waals surface area contributed by atoms with Crippen molar-refractivity contribution in [1.29, 1.82) is 0 Å². The Morgan fingerprint density at radius 3 is 2.62 bits per heavy atom. The summed E-state index contributed by atoms with van der Waals surface area (Å²) < 4.78 is 26.8. The maximum atomic E-state index is 12.7. The number of benzene rings is 1. The van der Waals surface area contributed by atoms with Gasteiger partial charge in [0.25, 0.3) is 5.91 Å². The summed E-state index contributed by atoms with van der Waals surface area (Å²) in [6, 6.07) is 5.65. The summed E-state index contributed by atoms with van der Waals surface area (Å²) in [4.78, 5) is 12.7. The molecule has 2 N–H and O–H groups in total. The predicted molar refractivity (Wildman–Crippen MR) is 98.1 cm³/mol. The van der Waals surface area contributed by atoms with Crippen LogP contribution in [-0.2, 0) is 10.0 Å². The SMILES string of the molecule is Cc1ccc2c(C(=O)NC3CCCCC3NS(C)(=O)=O)csc2c1. The molecule has 0 aliphatic heterocycles. The lowest BCUT2D eigenvalue weighted by molar-refractivity contribution is 0.0921. The zero-order valence-corrected chi connectivity index (χ0v) is 15.5. The molecule has 7 heteroatoms. The van der Waals surface area contributed by atoms with Crippen LogP contribution in [0.3, 0.4) is 0 Å². The van der Waals surface area contributed by atoms with Crippen LogP contribution in [0.2, 0.25) is 0 Å². The van der Waals surface area contributed by atoms with Crippen LogP contribution >= 0.6 is 11.3 Å². The van der Waals surface area contributed by atoms with E-state index in [2.05, 4.69) is 16.1 Å². The van der Waals surface area contributed by atoms with E-state index in [1.807, 2.05) is 24.4 Å². The minimum absolute atomic E-state index is 0.127. The molecule has 1 aromatic carbocycles. The molecule has 1 fully saturated rings. The van der Waals surface area contributed by atoms with Crippen LogP contribution in [0.1, 0.15) is 41.6 Å². The maximum absolute atomic E-state index is 12.7. The summed E-state index contributed by atoms with van der Waals surface area (Å²) >= 11 is 1.56. The van der Waals surface area contributed by atoms with Gasteiger partial charge >= 0.3 is 0 Å². The van der Waals surface area contributed by atoms with Crippen LogP contribution in [0.25, 0.3) is 10.1 Å². The molecule has 0 radical (unpaired) electrons. The molecular formula is C17H22N2O3S2. The van der Waals surface area contributed by atoms with E-state index in [1.165, 1.54) is 5.56 Å². The van der Waals surface area contributed by atoms with Crippen molar-refractivity contribution in [2.24, 2.45) is 0 Å². The standard InChI is InChI=1S/C17H22N2O3S2/c1-11-7-8-12-13(10-23-16(12)9-11)17(20)18-14-5-3-4-6-15(14)19-24(2,21)22/h7-10,14-15,19H,3-6H2,1-2H3,(H,18,20). The number of carbonyl (C=O) groups is 1. The zero-order valence-electron chi connectivity index (χ0n) is 13.8. The molecule has 5 nitrogen and oxygen atoms in total. The highest BCUT2D eigenvalue weighted by atomic mass is 32.2. The van der Waals surface area contributed by atoms with Crippen molar-refractivity contribution < 1.29 is 13.2 Å². The number of nitrogens with one attached hydrogen (secondary N) is 2. The minimum Gasteiger partial charge on any atom is -0.348 e. The summed E-state index contributed by atoms with van der Waals surface area (Å²) in [5.74, 6) is -0.127. The molecule has 0 bridgehead atoms. The van der Waals surface area contributed by atoms with Gasteiger partial charge in [-0.2, -0.15) is 0 Å². The Morgan fingerprint density at radius 2 is 1.92 bits per heavy atom. The van der Waals surface area contributed by atoms with Crippen LogP contribution in [0.4, 0.5) is 0 Å². The second-order valence-corrected chi connectivity index (χ2v) is 9.20. The number of sulfonamides is 1. The first-order valence-corrected chi connectivity index (χ1v) is 10.9. The summed E-state index contributed by atoms with van der Waals surface area (Å²) in [7, 11) is -3.28. The Morgan fingerprint density at radius 1 is 1.21 bits per heavy atom. The number of aryl methyl sites for hydroxylation is 1. The molecule has 1 saturated carbocycles. The molecule has 1 amide bonds. The van der Waals surface area contributed by atoms with Crippen LogP contribution in [0.5, 0.6) is 0 Å². The Kier molecular flexibility index (Phi) is 4.94. The van der Waals surface area contributed by atoms with Gasteiger partial charge in [0.1, 0.15) is 0 Å². The van der Waals surface area contributed by atoms with Gasteiger partial charge in [-0.1, -0.05) is 25.0 Å². The summed E-state index contributed by atoms with van der Waals surface area (Å²) in [6.07, 6.45) is 4.67. The predicted octanol–water partition coefficient (Wildman–Crippen LogP) is 2.80. The number of amides is 1. The van der Waals surface area contributed by atoms with Gasteiger partial charge in [0.05, 0.1) is 11.8 Å². The van der Waals surface area contributed by atoms with Crippen LogP contribution in [-0.4, -0.2) is 32.7 Å². The molecule has 1 aliphatic carbocycles. The normalized spacial score (nSPS) is 21.8. The monoisotopic (exact) mass is 366 g/mol. The highest BCUT2D eigenvalue weighted by molar-refractivity contribution is 7.88. The molecule has 3 rings (SSSR count). The average Bonchev–Trinajstić information content (AvgIpc) is 2.90. The molecule has 2 aromatic rings. The highest BCUT2D eigenvalue weighted by Crippen LogP contribution is 2.27. The summed E-state index contributed by atoms with van der Waals surface area (Å²) in [5.41, 5.74) is 1.83. The lowest BCUT2D eigenvalue weighted by Crippen LogP contribution is -2.52. The zero-order chi connectivity index (χ0) is 17.3. The van der Waals surface area contributed by atoms with Crippen molar-refractivity contribution in [2.45, 2.75) is 44.7 Å². The molecule has 2 unspecified atom stereocenters. The number of hydrogen-bond donors (Lipinski definition) is 2. The van der Waals surface area contributed by atoms with Gasteiger partial charge in [-0.25, -0.2) is 13.1 Å². The van der Waals surface area contributed by atoms with Gasteiger partial charge in [0.15, 0.2) is 0 Å². The quantitative estimate of drug-likeness (QED) is 0.874. The third kappa shape index (κ3) is 3.96. The number of rotatable bonds is 4. The van der Waals surface area contributed by atoms with Crippen molar-refractivity contribution >= 4 is 37.4 Å². The van der Waals surface area contributed by atoms with Crippen molar-refractivity contribution in [2.75, 3.05) is 6.26 Å². The van der Waals surface area contributed by atoms with Gasteiger partial charge in [0, 0.05) is 27.5 Å². The Labute approximate surface area is 146 Å². The molecular weight excluding hydrogens is 344 g/mol. The molecule has 0 spiro atoms. The molecule has 0 saturated heterocycles.